The van der Waals surface area contributed by atoms with Gasteiger partial charge in [-0.1, -0.05) is 30.9 Å². The first kappa shape index (κ1) is 21.7. The summed E-state index contributed by atoms with van der Waals surface area (Å²) in [7, 11) is 0. The summed E-state index contributed by atoms with van der Waals surface area (Å²) in [6, 6.07) is 4.90. The lowest BCUT2D eigenvalue weighted by Gasteiger charge is -2.35. The molecule has 0 saturated heterocycles. The smallest absolute Gasteiger partial charge is 0.253 e. The van der Waals surface area contributed by atoms with Crippen LogP contribution in [-0.4, -0.2) is 24.9 Å². The van der Waals surface area contributed by atoms with Crippen LogP contribution in [-0.2, 0) is 4.79 Å². The van der Waals surface area contributed by atoms with Crippen molar-refractivity contribution in [2.24, 2.45) is 11.1 Å². The average Bonchev–Trinajstić information content (AvgIpc) is 2.57. The van der Waals surface area contributed by atoms with Gasteiger partial charge in [-0.3, -0.25) is 9.59 Å². The number of benzene rings is 1. The fraction of sp³-hybridized carbons (Fsp3) is 0.556. The first-order chi connectivity index (χ1) is 11.5. The Labute approximate surface area is 160 Å². The van der Waals surface area contributed by atoms with Crippen molar-refractivity contribution in [2.75, 3.05) is 18.4 Å². The topological polar surface area (TPSA) is 84.2 Å². The van der Waals surface area contributed by atoms with Crippen LogP contribution in [0.3, 0.4) is 0 Å². The van der Waals surface area contributed by atoms with Crippen LogP contribution in [0.4, 0.5) is 5.69 Å². The Morgan fingerprint density at radius 2 is 1.92 bits per heavy atom. The summed E-state index contributed by atoms with van der Waals surface area (Å²) in [5.41, 5.74) is 6.71. The Morgan fingerprint density at radius 3 is 2.52 bits per heavy atom. The van der Waals surface area contributed by atoms with Crippen molar-refractivity contribution >= 4 is 41.5 Å². The van der Waals surface area contributed by atoms with Gasteiger partial charge in [0.2, 0.25) is 5.91 Å². The minimum Gasteiger partial charge on any atom is -0.352 e. The molecule has 1 aromatic carbocycles. The number of rotatable bonds is 6. The van der Waals surface area contributed by atoms with E-state index in [0.717, 1.165) is 25.7 Å². The average molecular weight is 388 g/mol. The molecule has 0 spiro atoms. The Morgan fingerprint density at radius 1 is 1.24 bits per heavy atom. The van der Waals surface area contributed by atoms with Crippen molar-refractivity contribution in [1.82, 2.24) is 5.32 Å². The van der Waals surface area contributed by atoms with Gasteiger partial charge in [0.05, 0.1) is 11.3 Å². The predicted molar refractivity (Wildman–Crippen MR) is 105 cm³/mol. The van der Waals surface area contributed by atoms with Gasteiger partial charge >= 0.3 is 0 Å². The Balaban J connectivity index is 0.00000312. The second kappa shape index (κ2) is 10.00. The number of hydrogen-bond acceptors (Lipinski definition) is 3. The van der Waals surface area contributed by atoms with Gasteiger partial charge in [-0.25, -0.2) is 0 Å². The maximum Gasteiger partial charge on any atom is 0.253 e. The van der Waals surface area contributed by atoms with Crippen LogP contribution >= 0.6 is 24.0 Å². The quantitative estimate of drug-likeness (QED) is 0.694. The first-order valence-electron chi connectivity index (χ1n) is 8.57. The van der Waals surface area contributed by atoms with E-state index in [4.69, 9.17) is 17.3 Å². The molecule has 1 aliphatic carbocycles. The molecule has 7 heteroatoms. The van der Waals surface area contributed by atoms with Gasteiger partial charge in [-0.15, -0.1) is 12.4 Å². The Hall–Kier alpha value is -1.30. The lowest BCUT2D eigenvalue weighted by Crippen LogP contribution is -2.36. The highest BCUT2D eigenvalue weighted by Crippen LogP contribution is 2.38. The second-order valence-corrected chi connectivity index (χ2v) is 6.98. The molecule has 25 heavy (non-hydrogen) atoms. The summed E-state index contributed by atoms with van der Waals surface area (Å²) >= 11 is 5.99. The van der Waals surface area contributed by atoms with Crippen molar-refractivity contribution in [3.05, 3.63) is 28.8 Å². The molecule has 5 nitrogen and oxygen atoms in total. The van der Waals surface area contributed by atoms with Crippen molar-refractivity contribution in [3.63, 3.8) is 0 Å². The molecule has 0 radical (unpaired) electrons. The number of nitrogens with one attached hydrogen (secondary N) is 2. The Bertz CT molecular complexity index is 602. The van der Waals surface area contributed by atoms with E-state index in [9.17, 15) is 9.59 Å². The Kier molecular flexibility index (Phi) is 8.69. The summed E-state index contributed by atoms with van der Waals surface area (Å²) in [5.74, 6) is -0.350. The van der Waals surface area contributed by atoms with Crippen LogP contribution < -0.4 is 16.4 Å². The zero-order chi connectivity index (χ0) is 17.6. The van der Waals surface area contributed by atoms with Gasteiger partial charge in [-0.05, 0) is 49.9 Å². The van der Waals surface area contributed by atoms with Crippen LogP contribution in [0, 0.1) is 5.41 Å². The van der Waals surface area contributed by atoms with Gasteiger partial charge in [-0.2, -0.15) is 0 Å². The first-order valence-corrected chi connectivity index (χ1v) is 8.95. The molecule has 1 saturated carbocycles. The normalized spacial score (nSPS) is 15.8. The van der Waals surface area contributed by atoms with Crippen LogP contribution in [0.2, 0.25) is 5.02 Å². The SMILES string of the molecule is CCNC(=O)c1cc(Cl)ccc1NC(=O)CC1(CN)CCCCC1.Cl. The van der Waals surface area contributed by atoms with Gasteiger partial charge in [0.15, 0.2) is 0 Å². The third kappa shape index (κ3) is 5.87. The molecule has 2 rings (SSSR count). The highest BCUT2D eigenvalue weighted by molar-refractivity contribution is 6.31. The second-order valence-electron chi connectivity index (χ2n) is 6.54. The van der Waals surface area contributed by atoms with Crippen LogP contribution in [0.15, 0.2) is 18.2 Å². The van der Waals surface area contributed by atoms with Crippen molar-refractivity contribution in [1.29, 1.82) is 0 Å². The summed E-state index contributed by atoms with van der Waals surface area (Å²) in [6.45, 7) is 2.87. The van der Waals surface area contributed by atoms with E-state index in [1.807, 2.05) is 6.92 Å². The van der Waals surface area contributed by atoms with E-state index < -0.39 is 0 Å². The lowest BCUT2D eigenvalue weighted by molar-refractivity contribution is -0.118. The molecule has 0 atom stereocenters. The van der Waals surface area contributed by atoms with Gasteiger partial charge < -0.3 is 16.4 Å². The fourth-order valence-corrected chi connectivity index (χ4v) is 3.53. The molecule has 1 fully saturated rings. The van der Waals surface area contributed by atoms with Gasteiger partial charge in [0.25, 0.3) is 5.91 Å². The third-order valence-electron chi connectivity index (χ3n) is 4.72. The predicted octanol–water partition coefficient (Wildman–Crippen LogP) is 3.75. The molecule has 0 bridgehead atoms. The fourth-order valence-electron chi connectivity index (χ4n) is 3.36. The minimum atomic E-state index is -0.249. The van der Waals surface area contributed by atoms with Crippen molar-refractivity contribution in [3.8, 4) is 0 Å². The molecular weight excluding hydrogens is 361 g/mol. The number of amides is 2. The molecule has 0 heterocycles. The summed E-state index contributed by atoms with van der Waals surface area (Å²) < 4.78 is 0. The van der Waals surface area contributed by atoms with E-state index in [0.29, 0.717) is 35.8 Å². The maximum atomic E-state index is 12.5. The zero-order valence-corrected chi connectivity index (χ0v) is 16.1. The molecule has 0 unspecified atom stereocenters. The number of nitrogens with two attached hydrogens (primary N) is 1. The largest absolute Gasteiger partial charge is 0.352 e. The number of anilines is 1. The van der Waals surface area contributed by atoms with E-state index in [1.54, 1.807) is 18.2 Å². The van der Waals surface area contributed by atoms with E-state index in [-0.39, 0.29) is 29.6 Å². The molecule has 0 aromatic heterocycles. The lowest BCUT2D eigenvalue weighted by atomic mass is 9.71. The number of halogens is 2. The van der Waals surface area contributed by atoms with Gasteiger partial charge in [0.1, 0.15) is 0 Å². The monoisotopic (exact) mass is 387 g/mol. The summed E-state index contributed by atoms with van der Waals surface area (Å²) in [5, 5.41) is 6.06. The molecule has 140 valence electrons. The highest BCUT2D eigenvalue weighted by Gasteiger charge is 2.33. The summed E-state index contributed by atoms with van der Waals surface area (Å²) in [6.07, 6.45) is 5.81. The maximum absolute atomic E-state index is 12.5. The van der Waals surface area contributed by atoms with Crippen LogP contribution in [0.25, 0.3) is 0 Å². The number of carbonyl (C=O) groups is 2. The van der Waals surface area contributed by atoms with Gasteiger partial charge in [0, 0.05) is 18.0 Å². The standard InChI is InChI=1S/C18H26ClN3O2.ClH/c1-2-21-17(24)14-10-13(19)6-7-15(14)22-16(23)11-18(12-20)8-4-3-5-9-18;/h6-7,10H,2-5,8-9,11-12,20H2,1H3,(H,21,24)(H,22,23);1H. The highest BCUT2D eigenvalue weighted by atomic mass is 35.5. The minimum absolute atomic E-state index is 0. The van der Waals surface area contributed by atoms with E-state index in [1.165, 1.54) is 6.42 Å². The molecular formula is C18H27Cl2N3O2. The molecule has 0 aliphatic heterocycles. The van der Waals surface area contributed by atoms with E-state index in [2.05, 4.69) is 10.6 Å². The van der Waals surface area contributed by atoms with Crippen molar-refractivity contribution in [2.45, 2.75) is 45.4 Å². The van der Waals surface area contributed by atoms with Crippen LogP contribution in [0.1, 0.15) is 55.8 Å². The molecule has 4 N–H and O–H groups in total. The summed E-state index contributed by atoms with van der Waals surface area (Å²) in [4.78, 5) is 24.7. The van der Waals surface area contributed by atoms with E-state index >= 15 is 0 Å². The third-order valence-corrected chi connectivity index (χ3v) is 4.96. The number of carbonyl (C=O) groups excluding carboxylic acids is 2. The van der Waals surface area contributed by atoms with Crippen LogP contribution in [0.5, 0.6) is 0 Å². The zero-order valence-electron chi connectivity index (χ0n) is 14.6. The van der Waals surface area contributed by atoms with Crippen molar-refractivity contribution < 1.29 is 9.59 Å². The molecule has 2 amide bonds. The molecule has 1 aromatic rings. The molecule has 1 aliphatic rings. The number of hydrogen-bond donors (Lipinski definition) is 3.